The molecule has 2 N–H and O–H groups in total. The van der Waals surface area contributed by atoms with Crippen molar-refractivity contribution in [2.75, 3.05) is 34.4 Å². The van der Waals surface area contributed by atoms with Crippen molar-refractivity contribution in [1.29, 1.82) is 0 Å². The van der Waals surface area contributed by atoms with Gasteiger partial charge in [-0.3, -0.25) is 4.99 Å². The lowest BCUT2D eigenvalue weighted by Gasteiger charge is -2.20. The van der Waals surface area contributed by atoms with E-state index in [-0.39, 0.29) is 11.8 Å². The van der Waals surface area contributed by atoms with Gasteiger partial charge in [0.25, 0.3) is 0 Å². The summed E-state index contributed by atoms with van der Waals surface area (Å²) in [4.78, 5) is 5.84. The molecule has 1 atom stereocenters. The van der Waals surface area contributed by atoms with Gasteiger partial charge >= 0.3 is 0 Å². The maximum atomic E-state index is 10.2. The molecule has 0 aliphatic carbocycles. The Morgan fingerprint density at radius 2 is 1.96 bits per heavy atom. The summed E-state index contributed by atoms with van der Waals surface area (Å²) in [6.45, 7) is 3.30. The van der Waals surface area contributed by atoms with E-state index in [1.54, 1.807) is 19.4 Å². The highest BCUT2D eigenvalue weighted by atomic mass is 16.5. The Balaban J connectivity index is 2.08. The van der Waals surface area contributed by atoms with E-state index in [0.717, 1.165) is 12.2 Å². The molecule has 2 aromatic rings. The molecule has 2 aromatic carbocycles. The first-order chi connectivity index (χ1) is 12.5. The van der Waals surface area contributed by atoms with Gasteiger partial charge in [-0.15, -0.1) is 0 Å². The van der Waals surface area contributed by atoms with Gasteiger partial charge in [-0.25, -0.2) is 0 Å². The molecule has 0 saturated carbocycles. The van der Waals surface area contributed by atoms with Crippen LogP contribution in [-0.2, 0) is 0 Å². The summed E-state index contributed by atoms with van der Waals surface area (Å²) >= 11 is 0. The third kappa shape index (κ3) is 5.49. The Labute approximate surface area is 155 Å². The molecule has 0 aromatic heterocycles. The summed E-state index contributed by atoms with van der Waals surface area (Å²) in [6.07, 6.45) is 2.65. The zero-order valence-corrected chi connectivity index (χ0v) is 16.0. The fraction of sp³-hybridized carbons (Fsp3) is 0.381. The van der Waals surface area contributed by atoms with Crippen molar-refractivity contribution in [3.8, 4) is 17.2 Å². The van der Waals surface area contributed by atoms with Crippen molar-refractivity contribution in [1.82, 2.24) is 0 Å². The molecule has 0 aliphatic rings. The average molecular weight is 357 g/mol. The van der Waals surface area contributed by atoms with Crippen LogP contribution in [0.1, 0.15) is 30.5 Å². The van der Waals surface area contributed by atoms with Crippen LogP contribution in [0.5, 0.6) is 17.2 Å². The zero-order chi connectivity index (χ0) is 18.9. The van der Waals surface area contributed by atoms with E-state index >= 15 is 0 Å². The Morgan fingerprint density at radius 1 is 1.15 bits per heavy atom. The van der Waals surface area contributed by atoms with Crippen molar-refractivity contribution in [2.45, 2.75) is 19.4 Å². The number of ether oxygens (including phenoxy) is 2. The number of phenols is 1. The summed E-state index contributed by atoms with van der Waals surface area (Å²) < 4.78 is 10.8. The number of hydrogen-bond acceptors (Lipinski definition) is 4. The summed E-state index contributed by atoms with van der Waals surface area (Å²) in [5.41, 5.74) is 1.86. The Kier molecular flexibility index (Phi) is 7.48. The molecule has 0 heterocycles. The van der Waals surface area contributed by atoms with E-state index in [1.807, 2.05) is 37.3 Å². The number of nitrogens with one attached hydrogen (secondary N) is 1. The normalized spacial score (nSPS) is 12.5. The second-order valence-electron chi connectivity index (χ2n) is 6.47. The Bertz CT molecular complexity index is 729. The average Bonchev–Trinajstić information content (AvgIpc) is 2.64. The number of likely N-dealkylation sites (N-methyl/N-ethyl adjacent to an activating group) is 1. The highest BCUT2D eigenvalue weighted by molar-refractivity contribution is 5.83. The Hall–Kier alpha value is -2.53. The first-order valence-corrected chi connectivity index (χ1v) is 8.94. The topological polar surface area (TPSA) is 55.5 Å². The maximum absolute atomic E-state index is 10.2. The predicted molar refractivity (Wildman–Crippen MR) is 105 cm³/mol. The molecule has 5 heteroatoms. The molecule has 0 fully saturated rings. The quantitative estimate of drug-likeness (QED) is 0.678. The van der Waals surface area contributed by atoms with E-state index in [0.29, 0.717) is 24.5 Å². The predicted octanol–water partition coefficient (Wildman–Crippen LogP) is 2.49. The number of methoxy groups -OCH3 is 1. The fourth-order valence-corrected chi connectivity index (χ4v) is 2.68. The van der Waals surface area contributed by atoms with Gasteiger partial charge in [0.1, 0.15) is 23.3 Å². The van der Waals surface area contributed by atoms with Crippen LogP contribution >= 0.6 is 0 Å². The van der Waals surface area contributed by atoms with Crippen molar-refractivity contribution in [3.63, 3.8) is 0 Å². The van der Waals surface area contributed by atoms with E-state index in [1.165, 1.54) is 10.5 Å². The summed E-state index contributed by atoms with van der Waals surface area (Å²) in [5, 5.41) is 10.2. The molecule has 0 spiro atoms. The van der Waals surface area contributed by atoms with Gasteiger partial charge in [0.15, 0.2) is 0 Å². The van der Waals surface area contributed by atoms with Crippen LogP contribution in [0, 0.1) is 0 Å². The van der Waals surface area contributed by atoms with Crippen molar-refractivity contribution in [2.24, 2.45) is 4.99 Å². The number of aliphatic imine (C=N–C) groups is 1. The first-order valence-electron chi connectivity index (χ1n) is 8.94. The fourth-order valence-electron chi connectivity index (χ4n) is 2.68. The minimum atomic E-state index is 0.178. The number of nitrogens with zero attached hydrogens (tertiary/aromatic N) is 1. The minimum Gasteiger partial charge on any atom is -0.507 e. The zero-order valence-electron chi connectivity index (χ0n) is 16.0. The van der Waals surface area contributed by atoms with Gasteiger partial charge in [-0.2, -0.15) is 0 Å². The highest BCUT2D eigenvalue weighted by Crippen LogP contribution is 2.23. The molecule has 0 aliphatic heterocycles. The maximum Gasteiger partial charge on any atom is 0.133 e. The molecule has 2 rings (SSSR count). The molecular weight excluding hydrogens is 328 g/mol. The molecule has 0 unspecified atom stereocenters. The van der Waals surface area contributed by atoms with E-state index in [9.17, 15) is 5.11 Å². The lowest BCUT2D eigenvalue weighted by molar-refractivity contribution is -0.890. The summed E-state index contributed by atoms with van der Waals surface area (Å²) in [7, 11) is 5.89. The van der Waals surface area contributed by atoms with Gasteiger partial charge in [0, 0.05) is 23.4 Å². The molecule has 0 radical (unpaired) electrons. The molecule has 26 heavy (non-hydrogen) atoms. The molecule has 0 bridgehead atoms. The standard InChI is InChI=1S/C21H28N2O3/c1-5-11-26-19-10-9-17(21(24)13-19)14-22-15-20(23(2)3)16-7-6-8-18(12-16)25-4/h6-10,12-14,20,24H,5,11,15H2,1-4H3/p+1/t20-/m1/s1. The SMILES string of the molecule is CCCOc1ccc(C=NC[C@H](c2cccc(OC)c2)[NH+](C)C)c(O)c1. The van der Waals surface area contributed by atoms with Gasteiger partial charge in [0.2, 0.25) is 0 Å². The molecule has 140 valence electrons. The van der Waals surface area contributed by atoms with Crippen molar-refractivity contribution < 1.29 is 19.5 Å². The Morgan fingerprint density at radius 3 is 2.62 bits per heavy atom. The van der Waals surface area contributed by atoms with Crippen LogP contribution in [0.2, 0.25) is 0 Å². The summed E-state index contributed by atoms with van der Waals surface area (Å²) in [6, 6.07) is 13.6. The first kappa shape index (κ1) is 19.8. The van der Waals surface area contributed by atoms with Crippen molar-refractivity contribution >= 4 is 6.21 Å². The third-order valence-electron chi connectivity index (χ3n) is 4.19. The van der Waals surface area contributed by atoms with E-state index in [2.05, 4.69) is 25.2 Å². The molecule has 0 saturated heterocycles. The number of quaternary nitrogens is 1. The number of rotatable bonds is 9. The van der Waals surface area contributed by atoms with E-state index in [4.69, 9.17) is 9.47 Å². The lowest BCUT2D eigenvalue weighted by Crippen LogP contribution is -3.06. The van der Waals surface area contributed by atoms with Crippen molar-refractivity contribution in [3.05, 3.63) is 53.6 Å². The van der Waals surface area contributed by atoms with Crippen LogP contribution in [0.15, 0.2) is 47.5 Å². The second kappa shape index (κ2) is 9.82. The van der Waals surface area contributed by atoms with Crippen LogP contribution in [0.25, 0.3) is 0 Å². The van der Waals surface area contributed by atoms with Crippen LogP contribution in [0.3, 0.4) is 0 Å². The minimum absolute atomic E-state index is 0.178. The smallest absolute Gasteiger partial charge is 0.133 e. The van der Waals surface area contributed by atoms with Crippen LogP contribution in [-0.4, -0.2) is 45.7 Å². The third-order valence-corrected chi connectivity index (χ3v) is 4.19. The molecular formula is C21H29N2O3+. The second-order valence-corrected chi connectivity index (χ2v) is 6.47. The number of aromatic hydroxyl groups is 1. The molecule has 5 nitrogen and oxygen atoms in total. The monoisotopic (exact) mass is 357 g/mol. The van der Waals surface area contributed by atoms with Crippen LogP contribution < -0.4 is 14.4 Å². The number of benzene rings is 2. The highest BCUT2D eigenvalue weighted by Gasteiger charge is 2.17. The summed E-state index contributed by atoms with van der Waals surface area (Å²) in [5.74, 6) is 1.70. The van der Waals surface area contributed by atoms with Gasteiger partial charge in [0.05, 0.1) is 34.4 Å². The van der Waals surface area contributed by atoms with Crippen LogP contribution in [0.4, 0.5) is 0 Å². The van der Waals surface area contributed by atoms with Gasteiger partial charge in [-0.1, -0.05) is 19.1 Å². The van der Waals surface area contributed by atoms with Gasteiger partial charge in [-0.05, 0) is 30.7 Å². The lowest BCUT2D eigenvalue weighted by atomic mass is 10.1. The number of hydrogen-bond donors (Lipinski definition) is 2. The van der Waals surface area contributed by atoms with Gasteiger partial charge < -0.3 is 19.5 Å². The largest absolute Gasteiger partial charge is 0.507 e. The number of phenolic OH excluding ortho intramolecular Hbond substituents is 1. The van der Waals surface area contributed by atoms with E-state index < -0.39 is 0 Å². The molecule has 0 amide bonds.